The third-order valence-corrected chi connectivity index (χ3v) is 3.35. The fourth-order valence-electron chi connectivity index (χ4n) is 0.336. The lowest BCUT2D eigenvalue weighted by Crippen LogP contribution is -2.04. The second-order valence-corrected chi connectivity index (χ2v) is 4.99. The van der Waals surface area contributed by atoms with E-state index >= 15 is 0 Å². The molecule has 5 heteroatoms. The van der Waals surface area contributed by atoms with Crippen LogP contribution in [0.2, 0.25) is 0 Å². The summed E-state index contributed by atoms with van der Waals surface area (Å²) in [6.07, 6.45) is 0. The van der Waals surface area contributed by atoms with E-state index in [2.05, 4.69) is 4.74 Å². The topological polar surface area (TPSA) is 26.3 Å². The molecule has 0 heterocycles. The minimum Gasteiger partial charge on any atom is -0.468 e. The van der Waals surface area contributed by atoms with E-state index in [4.69, 9.17) is 12.2 Å². The van der Waals surface area contributed by atoms with Crippen LogP contribution in [0.4, 0.5) is 0 Å². The first-order valence-corrected chi connectivity index (χ1v) is 5.45. The van der Waals surface area contributed by atoms with Gasteiger partial charge in [-0.2, -0.15) is 0 Å². The second-order valence-electron chi connectivity index (χ2n) is 1.55. The van der Waals surface area contributed by atoms with Gasteiger partial charge < -0.3 is 4.74 Å². The van der Waals surface area contributed by atoms with E-state index < -0.39 is 0 Å². The first-order chi connectivity index (χ1) is 5.20. The molecule has 2 nitrogen and oxygen atoms in total. The molecule has 0 bridgehead atoms. The number of carbonyl (C=O) groups excluding carboxylic acids is 1. The van der Waals surface area contributed by atoms with Gasteiger partial charge in [-0.15, -0.1) is 11.8 Å². The van der Waals surface area contributed by atoms with Crippen molar-refractivity contribution in [1.82, 2.24) is 0 Å². The molecule has 0 aromatic rings. The van der Waals surface area contributed by atoms with Crippen LogP contribution in [0.25, 0.3) is 0 Å². The molecule has 0 spiro atoms. The Hall–Kier alpha value is 0.260. The summed E-state index contributed by atoms with van der Waals surface area (Å²) in [7, 11) is 1.37. The molecule has 0 amide bonds. The van der Waals surface area contributed by atoms with Gasteiger partial charge in [-0.25, -0.2) is 0 Å². The van der Waals surface area contributed by atoms with Gasteiger partial charge in [0.05, 0.1) is 12.9 Å². The average Bonchev–Trinajstić information content (AvgIpc) is 2.01. The Kier molecular flexibility index (Phi) is 7.10. The van der Waals surface area contributed by atoms with Crippen molar-refractivity contribution >= 4 is 45.2 Å². The highest BCUT2D eigenvalue weighted by Gasteiger charge is 2.02. The Labute approximate surface area is 80.4 Å². The van der Waals surface area contributed by atoms with Gasteiger partial charge in [0.15, 0.2) is 0 Å². The van der Waals surface area contributed by atoms with Crippen molar-refractivity contribution < 1.29 is 9.53 Å². The van der Waals surface area contributed by atoms with E-state index in [-0.39, 0.29) is 5.97 Å². The van der Waals surface area contributed by atoms with E-state index in [1.165, 1.54) is 18.9 Å². The summed E-state index contributed by atoms with van der Waals surface area (Å²) in [4.78, 5) is 10.6. The van der Waals surface area contributed by atoms with Crippen LogP contribution in [0.1, 0.15) is 6.92 Å². The van der Waals surface area contributed by atoms with Gasteiger partial charge in [-0.3, -0.25) is 4.79 Å². The fraction of sp³-hybridized carbons (Fsp3) is 0.667. The SMILES string of the molecule is CCSC(=S)SCC(=O)OC. The van der Waals surface area contributed by atoms with Crippen LogP contribution in [-0.2, 0) is 9.53 Å². The molecule has 0 saturated heterocycles. The molecule has 0 aliphatic rings. The van der Waals surface area contributed by atoms with Crippen molar-refractivity contribution in [3.8, 4) is 0 Å². The number of rotatable bonds is 3. The molecule has 0 aliphatic carbocycles. The van der Waals surface area contributed by atoms with Crippen LogP contribution >= 0.6 is 35.7 Å². The molecule has 0 aromatic carbocycles. The van der Waals surface area contributed by atoms with Crippen LogP contribution in [-0.4, -0.2) is 28.1 Å². The third-order valence-electron chi connectivity index (χ3n) is 0.798. The zero-order chi connectivity index (χ0) is 8.69. The van der Waals surface area contributed by atoms with E-state index in [0.717, 1.165) is 9.28 Å². The smallest absolute Gasteiger partial charge is 0.316 e. The Morgan fingerprint density at radius 3 is 2.64 bits per heavy atom. The van der Waals surface area contributed by atoms with Gasteiger partial charge in [0.2, 0.25) is 0 Å². The molecular weight excluding hydrogens is 200 g/mol. The third kappa shape index (κ3) is 6.65. The zero-order valence-electron chi connectivity index (χ0n) is 6.46. The van der Waals surface area contributed by atoms with Crippen LogP contribution in [0.15, 0.2) is 0 Å². The summed E-state index contributed by atoms with van der Waals surface area (Å²) in [5.41, 5.74) is 0. The number of esters is 1. The van der Waals surface area contributed by atoms with E-state index in [9.17, 15) is 4.79 Å². The van der Waals surface area contributed by atoms with Gasteiger partial charge in [-0.05, 0) is 5.75 Å². The number of thiocarbonyl (C=S) groups is 1. The molecule has 0 radical (unpaired) electrons. The van der Waals surface area contributed by atoms with Gasteiger partial charge >= 0.3 is 5.97 Å². The highest BCUT2D eigenvalue weighted by molar-refractivity contribution is 8.47. The highest BCUT2D eigenvalue weighted by atomic mass is 32.2. The van der Waals surface area contributed by atoms with Crippen LogP contribution in [0.3, 0.4) is 0 Å². The fourth-order valence-corrected chi connectivity index (χ4v) is 2.32. The second kappa shape index (κ2) is 6.94. The average molecular weight is 210 g/mol. The predicted octanol–water partition coefficient (Wildman–Crippen LogP) is 1.93. The summed E-state index contributed by atoms with van der Waals surface area (Å²) < 4.78 is 5.25. The summed E-state index contributed by atoms with van der Waals surface area (Å²) in [6.45, 7) is 2.02. The van der Waals surface area contributed by atoms with Crippen molar-refractivity contribution in [3.63, 3.8) is 0 Å². The molecular formula is C6H10O2S3. The largest absolute Gasteiger partial charge is 0.468 e. The Morgan fingerprint density at radius 2 is 2.18 bits per heavy atom. The lowest BCUT2D eigenvalue weighted by molar-refractivity contribution is -0.137. The number of ether oxygens (including phenoxy) is 1. The summed E-state index contributed by atoms with van der Waals surface area (Å²) in [5, 5.41) is 0. The molecule has 11 heavy (non-hydrogen) atoms. The maximum absolute atomic E-state index is 10.6. The molecule has 64 valence electrons. The molecule has 0 N–H and O–H groups in total. The van der Waals surface area contributed by atoms with Crippen molar-refractivity contribution in [2.75, 3.05) is 18.6 Å². The van der Waals surface area contributed by atoms with Gasteiger partial charge in [0.1, 0.15) is 3.53 Å². The standard InChI is InChI=1S/C6H10O2S3/c1-3-10-6(9)11-4-5(7)8-2/h3-4H2,1-2H3. The quantitative estimate of drug-likeness (QED) is 0.524. The number of hydrogen-bond donors (Lipinski definition) is 0. The number of thioether (sulfide) groups is 2. The van der Waals surface area contributed by atoms with Crippen molar-refractivity contribution in [1.29, 1.82) is 0 Å². The summed E-state index contributed by atoms with van der Waals surface area (Å²) in [5.74, 6) is 1.05. The van der Waals surface area contributed by atoms with Crippen molar-refractivity contribution in [2.24, 2.45) is 0 Å². The number of hydrogen-bond acceptors (Lipinski definition) is 5. The van der Waals surface area contributed by atoms with Crippen LogP contribution in [0.5, 0.6) is 0 Å². The van der Waals surface area contributed by atoms with Crippen LogP contribution < -0.4 is 0 Å². The monoisotopic (exact) mass is 210 g/mol. The molecule has 0 aromatic heterocycles. The Morgan fingerprint density at radius 1 is 1.55 bits per heavy atom. The maximum atomic E-state index is 10.6. The lowest BCUT2D eigenvalue weighted by Gasteiger charge is -1.99. The van der Waals surface area contributed by atoms with E-state index in [1.54, 1.807) is 11.8 Å². The molecule has 0 saturated carbocycles. The molecule has 0 rings (SSSR count). The number of carbonyl (C=O) groups is 1. The van der Waals surface area contributed by atoms with Gasteiger partial charge in [0, 0.05) is 0 Å². The predicted molar refractivity (Wildman–Crippen MR) is 55.2 cm³/mol. The minimum absolute atomic E-state index is 0.228. The maximum Gasteiger partial charge on any atom is 0.316 e. The summed E-state index contributed by atoms with van der Waals surface area (Å²) >= 11 is 7.86. The zero-order valence-corrected chi connectivity index (χ0v) is 8.90. The summed E-state index contributed by atoms with van der Waals surface area (Å²) in [6, 6.07) is 0. The van der Waals surface area contributed by atoms with Gasteiger partial charge in [0.25, 0.3) is 0 Å². The first kappa shape index (κ1) is 11.3. The first-order valence-electron chi connectivity index (χ1n) is 3.07. The van der Waals surface area contributed by atoms with Crippen LogP contribution in [0, 0.1) is 0 Å². The Bertz CT molecular complexity index is 147. The molecule has 0 fully saturated rings. The van der Waals surface area contributed by atoms with Crippen molar-refractivity contribution in [3.05, 3.63) is 0 Å². The molecule has 0 unspecified atom stereocenters. The van der Waals surface area contributed by atoms with E-state index in [0.29, 0.717) is 5.75 Å². The molecule has 0 aliphatic heterocycles. The Balaban J connectivity index is 3.38. The van der Waals surface area contributed by atoms with Crippen molar-refractivity contribution in [2.45, 2.75) is 6.92 Å². The lowest BCUT2D eigenvalue weighted by atomic mass is 10.8. The van der Waals surface area contributed by atoms with Gasteiger partial charge in [-0.1, -0.05) is 30.9 Å². The normalized spacial score (nSPS) is 9.27. The van der Waals surface area contributed by atoms with E-state index in [1.807, 2.05) is 6.92 Å². The number of methoxy groups -OCH3 is 1. The minimum atomic E-state index is -0.228. The molecule has 0 atom stereocenters. The highest BCUT2D eigenvalue weighted by Crippen LogP contribution is 2.16.